The van der Waals surface area contributed by atoms with Crippen LogP contribution in [0.1, 0.15) is 18.1 Å². The number of hydrogen-bond donors (Lipinski definition) is 0. The summed E-state index contributed by atoms with van der Waals surface area (Å²) in [6.45, 7) is 4.57. The molecule has 6 heteroatoms. The number of rotatable bonds is 6. The Labute approximate surface area is 158 Å². The van der Waals surface area contributed by atoms with E-state index in [9.17, 15) is 4.79 Å². The number of aromatic nitrogens is 3. The van der Waals surface area contributed by atoms with Gasteiger partial charge in [0.1, 0.15) is 6.33 Å². The summed E-state index contributed by atoms with van der Waals surface area (Å²) in [5.41, 5.74) is 3.33. The first-order valence-corrected chi connectivity index (χ1v) is 9.36. The maximum Gasteiger partial charge on any atom is 0.235 e. The highest BCUT2D eigenvalue weighted by Crippen LogP contribution is 2.25. The molecule has 0 bridgehead atoms. The zero-order valence-corrected chi connectivity index (χ0v) is 16.0. The fourth-order valence-electron chi connectivity index (χ4n) is 2.71. The SMILES string of the molecule is Cc1ccccc1CN(C)C(=O)C(C)Sc1nncn1-c1ccccc1. The number of benzene rings is 2. The van der Waals surface area contributed by atoms with Gasteiger partial charge in [0.2, 0.25) is 5.91 Å². The first kappa shape index (κ1) is 18.2. The summed E-state index contributed by atoms with van der Waals surface area (Å²) in [6.07, 6.45) is 1.67. The molecule has 0 N–H and O–H groups in total. The Morgan fingerprint density at radius 1 is 1.15 bits per heavy atom. The van der Waals surface area contributed by atoms with E-state index in [-0.39, 0.29) is 11.2 Å². The van der Waals surface area contributed by atoms with Crippen molar-refractivity contribution in [2.75, 3.05) is 7.05 Å². The number of amides is 1. The van der Waals surface area contributed by atoms with E-state index >= 15 is 0 Å². The zero-order chi connectivity index (χ0) is 18.5. The van der Waals surface area contributed by atoms with Gasteiger partial charge in [-0.1, -0.05) is 54.2 Å². The van der Waals surface area contributed by atoms with Gasteiger partial charge in [-0.25, -0.2) is 0 Å². The van der Waals surface area contributed by atoms with Gasteiger partial charge in [0.05, 0.1) is 5.25 Å². The molecule has 5 nitrogen and oxygen atoms in total. The van der Waals surface area contributed by atoms with Crippen molar-refractivity contribution in [1.82, 2.24) is 19.7 Å². The maximum absolute atomic E-state index is 12.8. The third-order valence-electron chi connectivity index (χ3n) is 4.23. The molecule has 0 saturated heterocycles. The van der Waals surface area contributed by atoms with Gasteiger partial charge in [0.25, 0.3) is 0 Å². The Kier molecular flexibility index (Phi) is 5.73. The summed E-state index contributed by atoms with van der Waals surface area (Å²) in [4.78, 5) is 14.5. The molecule has 0 aliphatic carbocycles. The van der Waals surface area contributed by atoms with Crippen LogP contribution in [-0.2, 0) is 11.3 Å². The average Bonchev–Trinajstić information content (AvgIpc) is 3.11. The Morgan fingerprint density at radius 3 is 2.58 bits per heavy atom. The molecule has 1 atom stereocenters. The van der Waals surface area contributed by atoms with Gasteiger partial charge in [-0.05, 0) is 37.1 Å². The van der Waals surface area contributed by atoms with Crippen molar-refractivity contribution < 1.29 is 4.79 Å². The minimum absolute atomic E-state index is 0.0702. The van der Waals surface area contributed by atoms with Crippen LogP contribution in [0.25, 0.3) is 5.69 Å². The van der Waals surface area contributed by atoms with Crippen molar-refractivity contribution in [1.29, 1.82) is 0 Å². The van der Waals surface area contributed by atoms with Crippen LogP contribution < -0.4 is 0 Å². The van der Waals surface area contributed by atoms with Gasteiger partial charge < -0.3 is 4.90 Å². The second kappa shape index (κ2) is 8.19. The Bertz CT molecular complexity index is 878. The highest BCUT2D eigenvalue weighted by Gasteiger charge is 2.22. The molecule has 1 unspecified atom stereocenters. The van der Waals surface area contributed by atoms with E-state index in [1.807, 2.05) is 61.0 Å². The fraction of sp³-hybridized carbons (Fsp3) is 0.250. The van der Waals surface area contributed by atoms with Crippen LogP contribution in [0, 0.1) is 6.92 Å². The number of thioether (sulfide) groups is 1. The van der Waals surface area contributed by atoms with Crippen LogP contribution in [0.3, 0.4) is 0 Å². The smallest absolute Gasteiger partial charge is 0.235 e. The molecule has 3 aromatic rings. The minimum atomic E-state index is -0.254. The Balaban J connectivity index is 1.69. The average molecular weight is 366 g/mol. The van der Waals surface area contributed by atoms with Gasteiger partial charge in [0.15, 0.2) is 5.16 Å². The van der Waals surface area contributed by atoms with Crippen LogP contribution in [-0.4, -0.2) is 37.9 Å². The van der Waals surface area contributed by atoms with Crippen molar-refractivity contribution in [2.45, 2.75) is 30.8 Å². The van der Waals surface area contributed by atoms with Crippen LogP contribution in [0.4, 0.5) is 0 Å². The van der Waals surface area contributed by atoms with Gasteiger partial charge in [-0.2, -0.15) is 0 Å². The van der Waals surface area contributed by atoms with E-state index in [1.54, 1.807) is 11.2 Å². The molecule has 0 fully saturated rings. The van der Waals surface area contributed by atoms with E-state index in [1.165, 1.54) is 17.3 Å². The third-order valence-corrected chi connectivity index (χ3v) is 5.27. The quantitative estimate of drug-likeness (QED) is 0.624. The molecule has 134 valence electrons. The van der Waals surface area contributed by atoms with Crippen molar-refractivity contribution in [2.24, 2.45) is 0 Å². The largest absolute Gasteiger partial charge is 0.340 e. The van der Waals surface area contributed by atoms with E-state index in [0.717, 1.165) is 11.3 Å². The van der Waals surface area contributed by atoms with Crippen LogP contribution in [0.2, 0.25) is 0 Å². The number of hydrogen-bond acceptors (Lipinski definition) is 4. The van der Waals surface area contributed by atoms with E-state index < -0.39 is 0 Å². The number of para-hydroxylation sites is 1. The molecule has 0 saturated carbocycles. The summed E-state index contributed by atoms with van der Waals surface area (Å²) in [6, 6.07) is 18.0. The summed E-state index contributed by atoms with van der Waals surface area (Å²) < 4.78 is 1.90. The molecular weight excluding hydrogens is 344 g/mol. The van der Waals surface area contributed by atoms with Crippen molar-refractivity contribution in [3.8, 4) is 5.69 Å². The highest BCUT2D eigenvalue weighted by atomic mass is 32.2. The lowest BCUT2D eigenvalue weighted by atomic mass is 10.1. The second-order valence-electron chi connectivity index (χ2n) is 6.20. The lowest BCUT2D eigenvalue weighted by Crippen LogP contribution is -2.33. The molecule has 1 aromatic heterocycles. The first-order chi connectivity index (χ1) is 12.6. The highest BCUT2D eigenvalue weighted by molar-refractivity contribution is 8.00. The van der Waals surface area contributed by atoms with Gasteiger partial charge in [-0.3, -0.25) is 9.36 Å². The predicted octanol–water partition coefficient (Wildman–Crippen LogP) is 3.71. The lowest BCUT2D eigenvalue weighted by molar-refractivity contribution is -0.129. The van der Waals surface area contributed by atoms with Crippen molar-refractivity contribution in [3.05, 3.63) is 72.1 Å². The summed E-state index contributed by atoms with van der Waals surface area (Å²) in [5.74, 6) is 0.0702. The molecule has 1 heterocycles. The first-order valence-electron chi connectivity index (χ1n) is 8.48. The monoisotopic (exact) mass is 366 g/mol. The second-order valence-corrected chi connectivity index (χ2v) is 7.51. The van der Waals surface area contributed by atoms with Gasteiger partial charge in [0, 0.05) is 19.3 Å². The molecule has 0 spiro atoms. The Hall–Kier alpha value is -2.60. The standard InChI is InChI=1S/C20H22N4OS/c1-15-9-7-8-10-17(15)13-23(3)19(25)16(2)26-20-22-21-14-24(20)18-11-5-4-6-12-18/h4-12,14,16H,13H2,1-3H3. The van der Waals surface area contributed by atoms with E-state index in [0.29, 0.717) is 11.7 Å². The molecule has 3 rings (SSSR count). The van der Waals surface area contributed by atoms with Crippen LogP contribution in [0.5, 0.6) is 0 Å². The van der Waals surface area contributed by atoms with Crippen molar-refractivity contribution >= 4 is 17.7 Å². The van der Waals surface area contributed by atoms with Gasteiger partial charge >= 0.3 is 0 Å². The summed E-state index contributed by atoms with van der Waals surface area (Å²) >= 11 is 1.42. The lowest BCUT2D eigenvalue weighted by Gasteiger charge is -2.22. The molecule has 0 aliphatic heterocycles. The molecule has 0 radical (unpaired) electrons. The predicted molar refractivity (Wildman–Crippen MR) is 104 cm³/mol. The van der Waals surface area contributed by atoms with Crippen LogP contribution >= 0.6 is 11.8 Å². The molecule has 26 heavy (non-hydrogen) atoms. The molecule has 2 aromatic carbocycles. The number of carbonyl (C=O) groups is 1. The van der Waals surface area contributed by atoms with Crippen LogP contribution in [0.15, 0.2) is 66.1 Å². The van der Waals surface area contributed by atoms with Crippen molar-refractivity contribution in [3.63, 3.8) is 0 Å². The number of carbonyl (C=O) groups excluding carboxylic acids is 1. The zero-order valence-electron chi connectivity index (χ0n) is 15.2. The molecule has 0 aliphatic rings. The third kappa shape index (κ3) is 4.14. The fourth-order valence-corrected chi connectivity index (χ4v) is 3.67. The Morgan fingerprint density at radius 2 is 1.85 bits per heavy atom. The summed E-state index contributed by atoms with van der Waals surface area (Å²) in [5, 5.41) is 8.64. The summed E-state index contributed by atoms with van der Waals surface area (Å²) in [7, 11) is 1.84. The van der Waals surface area contributed by atoms with Gasteiger partial charge in [-0.15, -0.1) is 10.2 Å². The van der Waals surface area contributed by atoms with E-state index in [2.05, 4.69) is 29.3 Å². The number of aryl methyl sites for hydroxylation is 1. The normalized spacial score (nSPS) is 12.0. The maximum atomic E-state index is 12.8. The minimum Gasteiger partial charge on any atom is -0.340 e. The molecular formula is C20H22N4OS. The van der Waals surface area contributed by atoms with E-state index in [4.69, 9.17) is 0 Å². The topological polar surface area (TPSA) is 51.0 Å². The molecule has 1 amide bonds. The number of nitrogens with zero attached hydrogens (tertiary/aromatic N) is 4.